The molecular formula is C26H33BrF3NO3. The molecule has 188 valence electrons. The van der Waals surface area contributed by atoms with Crippen LogP contribution in [-0.2, 0) is 20.7 Å². The molecule has 1 fully saturated rings. The quantitative estimate of drug-likeness (QED) is 0.203. The first kappa shape index (κ1) is 29.7. The van der Waals surface area contributed by atoms with Gasteiger partial charge in [0.15, 0.2) is 0 Å². The van der Waals surface area contributed by atoms with Gasteiger partial charge in [-0.3, -0.25) is 9.59 Å². The van der Waals surface area contributed by atoms with Crippen molar-refractivity contribution in [1.82, 2.24) is 4.90 Å². The van der Waals surface area contributed by atoms with Crippen LogP contribution in [-0.4, -0.2) is 36.4 Å². The molecule has 0 heterocycles. The van der Waals surface area contributed by atoms with Gasteiger partial charge in [0, 0.05) is 18.4 Å². The number of hydrogen-bond acceptors (Lipinski definition) is 3. The lowest BCUT2D eigenvalue weighted by Crippen LogP contribution is -2.35. The molecule has 0 atom stereocenters. The van der Waals surface area contributed by atoms with E-state index >= 15 is 0 Å². The molecule has 1 saturated carbocycles. The van der Waals surface area contributed by atoms with Crippen LogP contribution in [0.25, 0.3) is 0 Å². The number of ether oxygens (including phenoxy) is 1. The first-order valence-corrected chi connectivity index (χ1v) is 11.6. The van der Waals surface area contributed by atoms with E-state index < -0.39 is 23.3 Å². The number of alkyl halides is 2. The zero-order valence-electron chi connectivity index (χ0n) is 20.7. The molecule has 1 amide bonds. The summed E-state index contributed by atoms with van der Waals surface area (Å²) in [5.41, 5.74) is 1.58. The Morgan fingerprint density at radius 2 is 1.82 bits per heavy atom. The number of carbonyl (C=O) groups is 2. The van der Waals surface area contributed by atoms with Gasteiger partial charge in [-0.1, -0.05) is 40.7 Å². The third-order valence-electron chi connectivity index (χ3n) is 5.18. The van der Waals surface area contributed by atoms with E-state index in [-0.39, 0.29) is 23.4 Å². The highest BCUT2D eigenvalue weighted by Gasteiger charge is 2.46. The summed E-state index contributed by atoms with van der Waals surface area (Å²) in [5, 5.41) is 0. The van der Waals surface area contributed by atoms with Crippen LogP contribution in [0.5, 0.6) is 0 Å². The number of esters is 1. The second-order valence-electron chi connectivity index (χ2n) is 9.18. The lowest BCUT2D eigenvalue weighted by atomic mass is 10.1. The molecule has 1 aliphatic rings. The maximum atomic E-state index is 13.9. The van der Waals surface area contributed by atoms with Gasteiger partial charge in [-0.2, -0.15) is 0 Å². The number of benzene rings is 1. The number of carbonyl (C=O) groups excluding carboxylic acids is 2. The minimum atomic E-state index is -3.21. The van der Waals surface area contributed by atoms with Gasteiger partial charge in [0.2, 0.25) is 5.91 Å². The Balaban J connectivity index is 0.000000437. The van der Waals surface area contributed by atoms with Gasteiger partial charge in [0.25, 0.3) is 5.92 Å². The van der Waals surface area contributed by atoms with Crippen LogP contribution in [0.4, 0.5) is 13.2 Å². The average Bonchev–Trinajstić information content (AvgIpc) is 3.46. The van der Waals surface area contributed by atoms with E-state index in [1.165, 1.54) is 19.2 Å². The maximum Gasteiger partial charge on any atom is 0.312 e. The molecule has 0 aliphatic heterocycles. The number of amides is 1. The summed E-state index contributed by atoms with van der Waals surface area (Å²) in [6.07, 6.45) is 2.80. The van der Waals surface area contributed by atoms with E-state index in [0.717, 1.165) is 35.0 Å². The highest BCUT2D eigenvalue weighted by Crippen LogP contribution is 2.46. The Bertz CT molecular complexity index is 992. The van der Waals surface area contributed by atoms with Crippen molar-refractivity contribution in [2.24, 2.45) is 5.41 Å². The Morgan fingerprint density at radius 1 is 1.26 bits per heavy atom. The number of rotatable bonds is 8. The Hall–Kier alpha value is -2.35. The largest absolute Gasteiger partial charge is 0.461 e. The fourth-order valence-electron chi connectivity index (χ4n) is 2.77. The van der Waals surface area contributed by atoms with Gasteiger partial charge in [0.05, 0.1) is 17.5 Å². The van der Waals surface area contributed by atoms with E-state index in [0.29, 0.717) is 23.6 Å². The molecule has 34 heavy (non-hydrogen) atoms. The summed E-state index contributed by atoms with van der Waals surface area (Å²) in [5.74, 6) is -4.46. The van der Waals surface area contributed by atoms with Crippen molar-refractivity contribution in [3.63, 3.8) is 0 Å². The van der Waals surface area contributed by atoms with Crippen molar-refractivity contribution in [2.45, 2.75) is 59.8 Å². The topological polar surface area (TPSA) is 46.6 Å². The van der Waals surface area contributed by atoms with Gasteiger partial charge < -0.3 is 9.64 Å². The van der Waals surface area contributed by atoms with Crippen LogP contribution in [0.15, 0.2) is 52.7 Å². The molecule has 0 aromatic heterocycles. The number of hydrogen-bond donors (Lipinski definition) is 0. The Labute approximate surface area is 208 Å². The second-order valence-corrected chi connectivity index (χ2v) is 10.0. The van der Waals surface area contributed by atoms with Crippen LogP contribution >= 0.6 is 15.9 Å². The number of aryl methyl sites for hydroxylation is 1. The van der Waals surface area contributed by atoms with E-state index in [2.05, 4.69) is 29.1 Å². The van der Waals surface area contributed by atoms with Gasteiger partial charge in [-0.05, 0) is 69.4 Å². The molecule has 0 unspecified atom stereocenters. The fraction of sp³-hybridized carbons (Fsp3) is 0.462. The number of allylic oxidation sites excluding steroid dienone is 3. The van der Waals surface area contributed by atoms with Crippen molar-refractivity contribution in [1.29, 1.82) is 0 Å². The van der Waals surface area contributed by atoms with E-state index in [4.69, 9.17) is 4.74 Å². The Kier molecular flexibility index (Phi) is 10.4. The van der Waals surface area contributed by atoms with Gasteiger partial charge in [-0.25, -0.2) is 13.2 Å². The number of halogens is 4. The van der Waals surface area contributed by atoms with Crippen molar-refractivity contribution in [3.05, 3.63) is 69.6 Å². The summed E-state index contributed by atoms with van der Waals surface area (Å²) in [6.45, 7) is 15.4. The molecular weight excluding hydrogens is 511 g/mol. The van der Waals surface area contributed by atoms with Crippen LogP contribution in [0.3, 0.4) is 0 Å². The highest BCUT2D eigenvalue weighted by atomic mass is 79.9. The monoisotopic (exact) mass is 543 g/mol. The zero-order chi connectivity index (χ0) is 26.4. The minimum Gasteiger partial charge on any atom is -0.461 e. The predicted molar refractivity (Wildman–Crippen MR) is 132 cm³/mol. The summed E-state index contributed by atoms with van der Waals surface area (Å²) < 4.78 is 46.9. The van der Waals surface area contributed by atoms with Crippen molar-refractivity contribution < 1.29 is 27.5 Å². The third-order valence-corrected chi connectivity index (χ3v) is 6.03. The lowest BCUT2D eigenvalue weighted by Gasteiger charge is -2.25. The third kappa shape index (κ3) is 9.12. The summed E-state index contributed by atoms with van der Waals surface area (Å²) in [4.78, 5) is 24.3. The molecule has 1 aliphatic carbocycles. The SMILES string of the molecule is C=C(C)/C=C(\N(C)C(=O)Cc1cc(C)c(Br)cc1F)C(C)(F)F.C=C(C)COC(=O)C1(C)CC1. The number of likely N-dealkylation sites (N-methyl/N-ethyl adjacent to an activating group) is 1. The van der Waals surface area contributed by atoms with Crippen molar-refractivity contribution >= 4 is 27.8 Å². The minimum absolute atomic E-state index is 0.0690. The van der Waals surface area contributed by atoms with Gasteiger partial charge in [-0.15, -0.1) is 0 Å². The molecule has 0 bridgehead atoms. The second kappa shape index (κ2) is 11.9. The molecule has 0 saturated heterocycles. The number of nitrogens with zero attached hydrogens (tertiary/aromatic N) is 1. The standard InChI is InChI=1S/C17H19BrF3NO.C9H14O2/c1-10(2)6-15(17(4,20)21)22(5)16(23)8-12-7-11(3)13(18)9-14(12)19;1-7(2)6-11-8(10)9(3)4-5-9/h6-7,9H,1,8H2,2-5H3;1,4-6H2,2-3H3/b15-6-;. The molecule has 4 nitrogen and oxygen atoms in total. The predicted octanol–water partition coefficient (Wildman–Crippen LogP) is 6.92. The molecule has 0 N–H and O–H groups in total. The molecule has 0 radical (unpaired) electrons. The van der Waals surface area contributed by atoms with E-state index in [9.17, 15) is 22.8 Å². The smallest absolute Gasteiger partial charge is 0.312 e. The van der Waals surface area contributed by atoms with E-state index in [1.807, 2.05) is 13.8 Å². The normalized spacial score (nSPS) is 14.5. The maximum absolute atomic E-state index is 13.9. The van der Waals surface area contributed by atoms with E-state index in [1.54, 1.807) is 13.8 Å². The zero-order valence-corrected chi connectivity index (χ0v) is 22.2. The van der Waals surface area contributed by atoms with Gasteiger partial charge in [0.1, 0.15) is 12.4 Å². The highest BCUT2D eigenvalue weighted by molar-refractivity contribution is 9.10. The van der Waals surface area contributed by atoms with Crippen LogP contribution < -0.4 is 0 Å². The summed E-state index contributed by atoms with van der Waals surface area (Å²) in [6, 6.07) is 2.79. The van der Waals surface area contributed by atoms with Gasteiger partial charge >= 0.3 is 5.97 Å². The summed E-state index contributed by atoms with van der Waals surface area (Å²) >= 11 is 3.20. The summed E-state index contributed by atoms with van der Waals surface area (Å²) in [7, 11) is 1.25. The lowest BCUT2D eigenvalue weighted by molar-refractivity contribution is -0.148. The molecule has 0 spiro atoms. The van der Waals surface area contributed by atoms with Crippen molar-refractivity contribution in [2.75, 3.05) is 13.7 Å². The Morgan fingerprint density at radius 3 is 2.26 bits per heavy atom. The molecule has 8 heteroatoms. The molecule has 2 rings (SSSR count). The first-order valence-electron chi connectivity index (χ1n) is 10.8. The van der Waals surface area contributed by atoms with Crippen LogP contribution in [0.1, 0.15) is 51.7 Å². The molecule has 1 aromatic carbocycles. The fourth-order valence-corrected chi connectivity index (χ4v) is 3.09. The van der Waals surface area contributed by atoms with Crippen LogP contribution in [0, 0.1) is 18.2 Å². The average molecular weight is 544 g/mol. The molecule has 1 aromatic rings. The van der Waals surface area contributed by atoms with Crippen LogP contribution in [0.2, 0.25) is 0 Å². The van der Waals surface area contributed by atoms with Crippen molar-refractivity contribution in [3.8, 4) is 0 Å². The first-order chi connectivity index (χ1) is 15.5.